The lowest BCUT2D eigenvalue weighted by Crippen LogP contribution is -2.27. The van der Waals surface area contributed by atoms with Gasteiger partial charge in [0.15, 0.2) is 5.58 Å². The predicted molar refractivity (Wildman–Crippen MR) is 68.6 cm³/mol. The molecular weight excluding hydrogens is 232 g/mol. The Balaban J connectivity index is 2.30. The fourth-order valence-electron chi connectivity index (χ4n) is 1.67. The normalized spacial score (nSPS) is 11.1. The Kier molecular flexibility index (Phi) is 3.23. The van der Waals surface area contributed by atoms with Gasteiger partial charge >= 0.3 is 5.76 Å². The Hall–Kier alpha value is -2.04. The molecule has 0 unspecified atom stereocenters. The molecule has 1 aromatic carbocycles. The zero-order valence-electron chi connectivity index (χ0n) is 10.7. The topological polar surface area (TPSA) is 64.2 Å². The molecule has 2 aromatic rings. The van der Waals surface area contributed by atoms with Crippen molar-refractivity contribution >= 4 is 17.0 Å². The third-order valence-corrected chi connectivity index (χ3v) is 2.73. The summed E-state index contributed by atoms with van der Waals surface area (Å²) in [6.45, 7) is 4.68. The van der Waals surface area contributed by atoms with E-state index in [0.29, 0.717) is 29.1 Å². The highest BCUT2D eigenvalue weighted by molar-refractivity contribution is 5.97. The maximum absolute atomic E-state index is 11.8. The van der Waals surface area contributed by atoms with E-state index in [9.17, 15) is 9.59 Å². The molecule has 0 aliphatic carbocycles. The fraction of sp³-hybridized carbons (Fsp3) is 0.385. The lowest BCUT2D eigenvalue weighted by Gasteiger charge is -2.07. The maximum Gasteiger partial charge on any atom is 0.419 e. The fourth-order valence-corrected chi connectivity index (χ4v) is 1.67. The van der Waals surface area contributed by atoms with E-state index in [1.165, 1.54) is 4.57 Å². The zero-order chi connectivity index (χ0) is 13.3. The summed E-state index contributed by atoms with van der Waals surface area (Å²) in [6.07, 6.45) is 0. The second-order valence-corrected chi connectivity index (χ2v) is 4.71. The summed E-state index contributed by atoms with van der Waals surface area (Å²) in [6, 6.07) is 4.99. The van der Waals surface area contributed by atoms with Crippen molar-refractivity contribution in [3.05, 3.63) is 34.3 Å². The number of amides is 1. The van der Waals surface area contributed by atoms with E-state index in [1.807, 2.05) is 13.8 Å². The Bertz CT molecular complexity index is 637. The standard InChI is InChI=1S/C13H16N2O3/c1-8(2)7-14-12(16)9-4-5-10-11(6-9)18-13(17)15(10)3/h4-6,8H,7H2,1-3H3,(H,14,16). The van der Waals surface area contributed by atoms with Gasteiger partial charge in [0.1, 0.15) is 0 Å². The van der Waals surface area contributed by atoms with Gasteiger partial charge in [-0.3, -0.25) is 9.36 Å². The molecule has 0 bridgehead atoms. The first-order valence-electron chi connectivity index (χ1n) is 5.87. The van der Waals surface area contributed by atoms with Crippen LogP contribution >= 0.6 is 0 Å². The number of nitrogens with zero attached hydrogens (tertiary/aromatic N) is 1. The van der Waals surface area contributed by atoms with Gasteiger partial charge in [-0.15, -0.1) is 0 Å². The van der Waals surface area contributed by atoms with Crippen molar-refractivity contribution in [3.8, 4) is 0 Å². The van der Waals surface area contributed by atoms with Crippen LogP contribution in [0.25, 0.3) is 11.1 Å². The number of rotatable bonds is 3. The minimum Gasteiger partial charge on any atom is -0.408 e. The van der Waals surface area contributed by atoms with Gasteiger partial charge in [0, 0.05) is 19.2 Å². The van der Waals surface area contributed by atoms with E-state index < -0.39 is 5.76 Å². The lowest BCUT2D eigenvalue weighted by atomic mass is 10.1. The van der Waals surface area contributed by atoms with Crippen LogP contribution in [0.2, 0.25) is 0 Å². The number of hydrogen-bond acceptors (Lipinski definition) is 3. The van der Waals surface area contributed by atoms with E-state index in [-0.39, 0.29) is 5.91 Å². The molecule has 5 nitrogen and oxygen atoms in total. The monoisotopic (exact) mass is 248 g/mol. The molecule has 1 amide bonds. The van der Waals surface area contributed by atoms with Gasteiger partial charge in [-0.25, -0.2) is 4.79 Å². The van der Waals surface area contributed by atoms with Gasteiger partial charge in [-0.1, -0.05) is 13.8 Å². The molecule has 0 spiro atoms. The van der Waals surface area contributed by atoms with E-state index in [1.54, 1.807) is 25.2 Å². The number of carbonyl (C=O) groups is 1. The Labute approximate surface area is 104 Å². The summed E-state index contributed by atoms with van der Waals surface area (Å²) in [5.74, 6) is -0.186. The van der Waals surface area contributed by atoms with E-state index in [0.717, 1.165) is 0 Å². The van der Waals surface area contributed by atoms with Crippen LogP contribution in [0.15, 0.2) is 27.4 Å². The number of oxazole rings is 1. The highest BCUT2D eigenvalue weighted by atomic mass is 16.4. The van der Waals surface area contributed by atoms with E-state index in [2.05, 4.69) is 5.32 Å². The quantitative estimate of drug-likeness (QED) is 0.895. The summed E-state index contributed by atoms with van der Waals surface area (Å²) >= 11 is 0. The number of benzene rings is 1. The number of hydrogen-bond donors (Lipinski definition) is 1. The lowest BCUT2D eigenvalue weighted by molar-refractivity contribution is 0.0949. The Morgan fingerprint density at radius 1 is 1.44 bits per heavy atom. The first kappa shape index (κ1) is 12.4. The molecule has 2 rings (SSSR count). The molecule has 1 N–H and O–H groups in total. The average Bonchev–Trinajstić information content (AvgIpc) is 2.61. The Morgan fingerprint density at radius 3 is 2.83 bits per heavy atom. The van der Waals surface area contributed by atoms with Gasteiger partial charge in [0.2, 0.25) is 0 Å². The molecule has 1 heterocycles. The second kappa shape index (κ2) is 4.68. The van der Waals surface area contributed by atoms with E-state index in [4.69, 9.17) is 4.42 Å². The molecule has 96 valence electrons. The third kappa shape index (κ3) is 2.30. The van der Waals surface area contributed by atoms with Crippen LogP contribution in [0.1, 0.15) is 24.2 Å². The summed E-state index contributed by atoms with van der Waals surface area (Å²) in [5, 5.41) is 2.82. The largest absolute Gasteiger partial charge is 0.419 e. The minimum absolute atomic E-state index is 0.155. The molecular formula is C13H16N2O3. The van der Waals surface area contributed by atoms with Crippen molar-refractivity contribution in [1.29, 1.82) is 0 Å². The summed E-state index contributed by atoms with van der Waals surface area (Å²) in [7, 11) is 1.63. The molecule has 0 aliphatic heterocycles. The third-order valence-electron chi connectivity index (χ3n) is 2.73. The van der Waals surface area contributed by atoms with Gasteiger partial charge in [-0.2, -0.15) is 0 Å². The maximum atomic E-state index is 11.8. The summed E-state index contributed by atoms with van der Waals surface area (Å²) < 4.78 is 6.45. The molecule has 0 aliphatic rings. The van der Waals surface area contributed by atoms with E-state index >= 15 is 0 Å². The first-order valence-corrected chi connectivity index (χ1v) is 5.87. The van der Waals surface area contributed by atoms with Crippen molar-refractivity contribution in [2.75, 3.05) is 6.54 Å². The van der Waals surface area contributed by atoms with Gasteiger partial charge in [-0.05, 0) is 24.1 Å². The van der Waals surface area contributed by atoms with Crippen molar-refractivity contribution in [2.24, 2.45) is 13.0 Å². The summed E-state index contributed by atoms with van der Waals surface area (Å²) in [5.41, 5.74) is 1.61. The second-order valence-electron chi connectivity index (χ2n) is 4.71. The smallest absolute Gasteiger partial charge is 0.408 e. The van der Waals surface area contributed by atoms with Crippen LogP contribution in [-0.2, 0) is 7.05 Å². The van der Waals surface area contributed by atoms with Crippen molar-refractivity contribution in [3.63, 3.8) is 0 Å². The van der Waals surface area contributed by atoms with Gasteiger partial charge in [0.25, 0.3) is 5.91 Å². The van der Waals surface area contributed by atoms with Crippen LogP contribution in [0.4, 0.5) is 0 Å². The van der Waals surface area contributed by atoms with Gasteiger partial charge < -0.3 is 9.73 Å². The molecule has 0 radical (unpaired) electrons. The molecule has 0 fully saturated rings. The van der Waals surface area contributed by atoms with Crippen LogP contribution < -0.4 is 11.1 Å². The van der Waals surface area contributed by atoms with Crippen molar-refractivity contribution in [1.82, 2.24) is 9.88 Å². The number of carbonyl (C=O) groups excluding carboxylic acids is 1. The average molecular weight is 248 g/mol. The van der Waals surface area contributed by atoms with Crippen LogP contribution in [0.3, 0.4) is 0 Å². The van der Waals surface area contributed by atoms with Crippen LogP contribution in [0, 0.1) is 5.92 Å². The van der Waals surface area contributed by atoms with Crippen LogP contribution in [-0.4, -0.2) is 17.0 Å². The predicted octanol–water partition coefficient (Wildman–Crippen LogP) is 1.52. The molecule has 0 saturated carbocycles. The molecule has 18 heavy (non-hydrogen) atoms. The number of fused-ring (bicyclic) bond motifs is 1. The van der Waals surface area contributed by atoms with Crippen molar-refractivity contribution in [2.45, 2.75) is 13.8 Å². The highest BCUT2D eigenvalue weighted by Crippen LogP contribution is 2.14. The first-order chi connectivity index (χ1) is 8.49. The molecule has 5 heteroatoms. The Morgan fingerprint density at radius 2 is 2.17 bits per heavy atom. The van der Waals surface area contributed by atoms with Crippen LogP contribution in [0.5, 0.6) is 0 Å². The van der Waals surface area contributed by atoms with Crippen molar-refractivity contribution < 1.29 is 9.21 Å². The highest BCUT2D eigenvalue weighted by Gasteiger charge is 2.10. The van der Waals surface area contributed by atoms with Gasteiger partial charge in [0.05, 0.1) is 5.52 Å². The zero-order valence-corrected chi connectivity index (χ0v) is 10.7. The molecule has 0 atom stereocenters. The molecule has 1 aromatic heterocycles. The number of nitrogens with one attached hydrogen (secondary N) is 1. The SMILES string of the molecule is CC(C)CNC(=O)c1ccc2c(c1)oc(=O)n2C. The minimum atomic E-state index is -0.426. The molecule has 0 saturated heterocycles. The summed E-state index contributed by atoms with van der Waals surface area (Å²) in [4.78, 5) is 23.2. The number of aryl methyl sites for hydroxylation is 1. The number of aromatic nitrogens is 1.